The Balaban J connectivity index is 1.89. The first-order chi connectivity index (χ1) is 18.2. The molecule has 0 aliphatic heterocycles. The highest BCUT2D eigenvalue weighted by atomic mass is 32.2. The van der Waals surface area contributed by atoms with Crippen LogP contribution in [-0.2, 0) is 14.8 Å². The summed E-state index contributed by atoms with van der Waals surface area (Å²) in [6, 6.07) is 15.0. The van der Waals surface area contributed by atoms with Gasteiger partial charge in [-0.25, -0.2) is 13.8 Å². The van der Waals surface area contributed by atoms with Crippen LogP contribution in [-0.4, -0.2) is 60.1 Å². The Morgan fingerprint density at radius 1 is 0.947 bits per heavy atom. The molecule has 0 unspecified atom stereocenters. The van der Waals surface area contributed by atoms with E-state index in [0.717, 1.165) is 4.31 Å². The number of carbonyl (C=O) groups excluding carboxylic acids is 1. The molecule has 0 aliphatic carbocycles. The normalized spacial score (nSPS) is 11.2. The van der Waals surface area contributed by atoms with E-state index in [-0.39, 0.29) is 27.8 Å². The van der Waals surface area contributed by atoms with Gasteiger partial charge in [-0.3, -0.25) is 9.10 Å². The number of nitrogens with one attached hydrogen (secondary N) is 1. The molecule has 3 rings (SSSR count). The van der Waals surface area contributed by atoms with E-state index in [0.29, 0.717) is 23.7 Å². The second-order valence-corrected chi connectivity index (χ2v) is 9.54. The van der Waals surface area contributed by atoms with Crippen molar-refractivity contribution in [1.82, 2.24) is 5.43 Å². The van der Waals surface area contributed by atoms with Crippen molar-refractivity contribution in [2.45, 2.75) is 11.8 Å². The Morgan fingerprint density at radius 3 is 2.26 bits per heavy atom. The molecule has 0 radical (unpaired) electrons. The van der Waals surface area contributed by atoms with E-state index in [1.165, 1.54) is 57.9 Å². The molecule has 202 valence electrons. The standard InChI is InChI=1S/C26H29N3O8S/c1-5-37-20-9-7-19(8-10-20)29(38(32,33)21-11-13-23(34-2)25(15-21)36-4)17-26(31)28-27-16-18-6-12-22(30)24(14-18)35-3/h6-16,30H,5,17H2,1-4H3,(H,28,31)/b27-16-. The maximum Gasteiger partial charge on any atom is 0.264 e. The number of nitrogens with zero attached hydrogens (tertiary/aromatic N) is 2. The molecular formula is C26H29N3O8S. The van der Waals surface area contributed by atoms with Crippen LogP contribution in [0.15, 0.2) is 70.7 Å². The minimum atomic E-state index is -4.22. The molecule has 1 amide bonds. The van der Waals surface area contributed by atoms with Gasteiger partial charge in [0, 0.05) is 6.07 Å². The van der Waals surface area contributed by atoms with Crippen molar-refractivity contribution in [3.05, 3.63) is 66.2 Å². The van der Waals surface area contributed by atoms with E-state index in [1.54, 1.807) is 30.3 Å². The molecule has 38 heavy (non-hydrogen) atoms. The second-order valence-electron chi connectivity index (χ2n) is 7.68. The summed E-state index contributed by atoms with van der Waals surface area (Å²) in [5.74, 6) is 0.640. The Bertz CT molecular complexity index is 1390. The van der Waals surface area contributed by atoms with Gasteiger partial charge in [0.2, 0.25) is 0 Å². The smallest absolute Gasteiger partial charge is 0.264 e. The number of amides is 1. The summed E-state index contributed by atoms with van der Waals surface area (Å²) < 4.78 is 49.3. The molecule has 0 fully saturated rings. The molecule has 0 atom stereocenters. The fourth-order valence-corrected chi connectivity index (χ4v) is 4.85. The van der Waals surface area contributed by atoms with Gasteiger partial charge in [-0.05, 0) is 67.1 Å². The Morgan fingerprint density at radius 2 is 1.63 bits per heavy atom. The number of carbonyl (C=O) groups is 1. The number of hydrazone groups is 1. The first kappa shape index (κ1) is 28.1. The first-order valence-corrected chi connectivity index (χ1v) is 12.8. The summed E-state index contributed by atoms with van der Waals surface area (Å²) >= 11 is 0. The van der Waals surface area contributed by atoms with E-state index < -0.39 is 22.5 Å². The fourth-order valence-electron chi connectivity index (χ4n) is 3.41. The molecular weight excluding hydrogens is 514 g/mol. The number of hydrogen-bond donors (Lipinski definition) is 2. The second kappa shape index (κ2) is 12.7. The maximum absolute atomic E-state index is 13.7. The largest absolute Gasteiger partial charge is 0.504 e. The molecule has 3 aromatic rings. The summed E-state index contributed by atoms with van der Waals surface area (Å²) in [5, 5.41) is 13.6. The zero-order valence-electron chi connectivity index (χ0n) is 21.4. The number of ether oxygens (including phenoxy) is 4. The zero-order valence-corrected chi connectivity index (χ0v) is 22.2. The van der Waals surface area contributed by atoms with E-state index in [9.17, 15) is 18.3 Å². The van der Waals surface area contributed by atoms with Gasteiger partial charge in [-0.1, -0.05) is 0 Å². The van der Waals surface area contributed by atoms with Crippen LogP contribution >= 0.6 is 0 Å². The van der Waals surface area contributed by atoms with Crippen molar-refractivity contribution in [2.24, 2.45) is 5.10 Å². The number of phenols is 1. The first-order valence-electron chi connectivity index (χ1n) is 11.4. The molecule has 0 bridgehead atoms. The van der Waals surface area contributed by atoms with Crippen LogP contribution in [0.4, 0.5) is 5.69 Å². The summed E-state index contributed by atoms with van der Waals surface area (Å²) in [7, 11) is 0.0242. The predicted molar refractivity (Wildman–Crippen MR) is 142 cm³/mol. The van der Waals surface area contributed by atoms with Gasteiger partial charge in [0.05, 0.1) is 44.7 Å². The van der Waals surface area contributed by atoms with Crippen LogP contribution in [0, 0.1) is 0 Å². The van der Waals surface area contributed by atoms with Crippen molar-refractivity contribution in [1.29, 1.82) is 0 Å². The zero-order chi connectivity index (χ0) is 27.7. The Kier molecular flexibility index (Phi) is 9.39. The molecule has 0 spiro atoms. The van der Waals surface area contributed by atoms with Crippen molar-refractivity contribution in [3.63, 3.8) is 0 Å². The number of methoxy groups -OCH3 is 3. The van der Waals surface area contributed by atoms with Crippen LogP contribution in [0.25, 0.3) is 0 Å². The van der Waals surface area contributed by atoms with Gasteiger partial charge in [0.1, 0.15) is 12.3 Å². The highest BCUT2D eigenvalue weighted by molar-refractivity contribution is 7.92. The number of anilines is 1. The number of phenolic OH excluding ortho intramolecular Hbond substituents is 1. The molecule has 3 aromatic carbocycles. The van der Waals surface area contributed by atoms with Gasteiger partial charge < -0.3 is 24.1 Å². The summed E-state index contributed by atoms with van der Waals surface area (Å²) in [6.07, 6.45) is 1.34. The van der Waals surface area contributed by atoms with Gasteiger partial charge in [-0.2, -0.15) is 5.10 Å². The highest BCUT2D eigenvalue weighted by Crippen LogP contribution is 2.32. The van der Waals surface area contributed by atoms with Crippen LogP contribution in [0.3, 0.4) is 0 Å². The molecule has 12 heteroatoms. The SMILES string of the molecule is CCOc1ccc(N(CC(=O)N/N=C\c2ccc(O)c(OC)c2)S(=O)(=O)c2ccc(OC)c(OC)c2)cc1. The molecule has 0 heterocycles. The van der Waals surface area contributed by atoms with E-state index in [2.05, 4.69) is 10.5 Å². The Hall–Kier alpha value is -4.45. The molecule has 11 nitrogen and oxygen atoms in total. The lowest BCUT2D eigenvalue weighted by Gasteiger charge is -2.24. The predicted octanol–water partition coefficient (Wildman–Crippen LogP) is 3.16. The Labute approximate surface area is 221 Å². The average molecular weight is 544 g/mol. The van der Waals surface area contributed by atoms with E-state index in [4.69, 9.17) is 18.9 Å². The molecule has 0 aliphatic rings. The topological polar surface area (TPSA) is 136 Å². The molecule has 0 saturated heterocycles. The number of benzene rings is 3. The van der Waals surface area contributed by atoms with Gasteiger partial charge in [-0.15, -0.1) is 0 Å². The molecule has 2 N–H and O–H groups in total. The van der Waals surface area contributed by atoms with Crippen molar-refractivity contribution in [2.75, 3.05) is 38.8 Å². The van der Waals surface area contributed by atoms with Crippen LogP contribution in [0.5, 0.6) is 28.7 Å². The number of hydrogen-bond acceptors (Lipinski definition) is 9. The molecule has 0 aromatic heterocycles. The summed E-state index contributed by atoms with van der Waals surface area (Å²) in [4.78, 5) is 12.7. The quantitative estimate of drug-likeness (QED) is 0.263. The summed E-state index contributed by atoms with van der Waals surface area (Å²) in [6.45, 7) is 1.71. The summed E-state index contributed by atoms with van der Waals surface area (Å²) in [5.41, 5.74) is 3.12. The lowest BCUT2D eigenvalue weighted by Crippen LogP contribution is -2.39. The van der Waals surface area contributed by atoms with Gasteiger partial charge in [0.15, 0.2) is 23.0 Å². The van der Waals surface area contributed by atoms with Crippen LogP contribution in [0.2, 0.25) is 0 Å². The van der Waals surface area contributed by atoms with Crippen molar-refractivity contribution < 1.29 is 37.3 Å². The minimum Gasteiger partial charge on any atom is -0.504 e. The average Bonchev–Trinajstić information content (AvgIpc) is 2.92. The van der Waals surface area contributed by atoms with E-state index in [1.807, 2.05) is 6.92 Å². The third-order valence-corrected chi connectivity index (χ3v) is 7.04. The van der Waals surface area contributed by atoms with Gasteiger partial charge >= 0.3 is 0 Å². The lowest BCUT2D eigenvalue weighted by molar-refractivity contribution is -0.119. The lowest BCUT2D eigenvalue weighted by atomic mass is 10.2. The number of rotatable bonds is 12. The van der Waals surface area contributed by atoms with Crippen molar-refractivity contribution >= 4 is 27.8 Å². The maximum atomic E-state index is 13.7. The number of aromatic hydroxyl groups is 1. The molecule has 0 saturated carbocycles. The third kappa shape index (κ3) is 6.65. The van der Waals surface area contributed by atoms with E-state index >= 15 is 0 Å². The van der Waals surface area contributed by atoms with Crippen LogP contribution < -0.4 is 28.7 Å². The van der Waals surface area contributed by atoms with Gasteiger partial charge in [0.25, 0.3) is 15.9 Å². The fraction of sp³-hybridized carbons (Fsp3) is 0.231. The minimum absolute atomic E-state index is 0.0416. The monoisotopic (exact) mass is 543 g/mol. The number of sulfonamides is 1. The third-order valence-electron chi connectivity index (χ3n) is 5.27. The highest BCUT2D eigenvalue weighted by Gasteiger charge is 2.28. The van der Waals surface area contributed by atoms with Crippen molar-refractivity contribution in [3.8, 4) is 28.7 Å². The van der Waals surface area contributed by atoms with Crippen LogP contribution in [0.1, 0.15) is 12.5 Å².